The van der Waals surface area contributed by atoms with Crippen molar-refractivity contribution in [2.24, 2.45) is 5.92 Å². The standard InChI is InChI=1S/C13H19NO2/c1-3-12(9-15)13(16)14-8-11-6-4-5-10(2)7-11/h4-7,12,15H,3,8-9H2,1-2H3,(H,14,16). The fraction of sp³-hybridized carbons (Fsp3) is 0.462. The molecule has 0 aromatic heterocycles. The van der Waals surface area contributed by atoms with Gasteiger partial charge in [-0.3, -0.25) is 4.79 Å². The zero-order valence-corrected chi connectivity index (χ0v) is 9.86. The third-order valence-electron chi connectivity index (χ3n) is 2.63. The van der Waals surface area contributed by atoms with Crippen molar-refractivity contribution in [3.05, 3.63) is 35.4 Å². The largest absolute Gasteiger partial charge is 0.396 e. The molecule has 1 rings (SSSR count). The van der Waals surface area contributed by atoms with Crippen molar-refractivity contribution in [1.82, 2.24) is 5.32 Å². The van der Waals surface area contributed by atoms with Gasteiger partial charge >= 0.3 is 0 Å². The molecule has 0 aliphatic carbocycles. The number of aliphatic hydroxyl groups is 1. The highest BCUT2D eigenvalue weighted by Gasteiger charge is 2.14. The van der Waals surface area contributed by atoms with Crippen LogP contribution in [0, 0.1) is 12.8 Å². The Morgan fingerprint density at radius 1 is 1.50 bits per heavy atom. The van der Waals surface area contributed by atoms with Gasteiger partial charge in [0.1, 0.15) is 0 Å². The summed E-state index contributed by atoms with van der Waals surface area (Å²) in [4.78, 5) is 11.6. The molecule has 0 heterocycles. The first-order chi connectivity index (χ1) is 7.67. The van der Waals surface area contributed by atoms with Crippen LogP contribution in [-0.2, 0) is 11.3 Å². The Kier molecular flexibility index (Phi) is 4.99. The molecule has 0 saturated carbocycles. The molecule has 3 nitrogen and oxygen atoms in total. The molecule has 2 N–H and O–H groups in total. The molecule has 1 atom stereocenters. The number of aliphatic hydroxyl groups excluding tert-OH is 1. The normalized spacial score (nSPS) is 12.2. The highest BCUT2D eigenvalue weighted by Crippen LogP contribution is 2.05. The van der Waals surface area contributed by atoms with E-state index in [4.69, 9.17) is 5.11 Å². The Labute approximate surface area is 96.5 Å². The molecule has 1 aromatic carbocycles. The van der Waals surface area contributed by atoms with Gasteiger partial charge in [0, 0.05) is 6.54 Å². The van der Waals surface area contributed by atoms with Crippen molar-refractivity contribution in [2.45, 2.75) is 26.8 Å². The number of benzene rings is 1. The smallest absolute Gasteiger partial charge is 0.225 e. The van der Waals surface area contributed by atoms with Crippen molar-refractivity contribution < 1.29 is 9.90 Å². The number of hydrogen-bond acceptors (Lipinski definition) is 2. The molecule has 0 aliphatic heterocycles. The minimum Gasteiger partial charge on any atom is -0.396 e. The molecule has 88 valence electrons. The van der Waals surface area contributed by atoms with Crippen LogP contribution in [-0.4, -0.2) is 17.6 Å². The summed E-state index contributed by atoms with van der Waals surface area (Å²) < 4.78 is 0. The number of carbonyl (C=O) groups excluding carboxylic acids is 1. The van der Waals surface area contributed by atoms with Crippen LogP contribution in [0.15, 0.2) is 24.3 Å². The maximum atomic E-state index is 11.6. The van der Waals surface area contributed by atoms with Crippen molar-refractivity contribution in [2.75, 3.05) is 6.61 Å². The Morgan fingerprint density at radius 3 is 2.81 bits per heavy atom. The number of amides is 1. The van der Waals surface area contributed by atoms with Gasteiger partial charge < -0.3 is 10.4 Å². The molecule has 0 spiro atoms. The average Bonchev–Trinajstić information content (AvgIpc) is 2.28. The van der Waals surface area contributed by atoms with Crippen molar-refractivity contribution in [3.8, 4) is 0 Å². The number of carbonyl (C=O) groups is 1. The number of aryl methyl sites for hydroxylation is 1. The SMILES string of the molecule is CCC(CO)C(=O)NCc1cccc(C)c1. The van der Waals surface area contributed by atoms with Crippen LogP contribution in [0.3, 0.4) is 0 Å². The summed E-state index contributed by atoms with van der Waals surface area (Å²) in [6.07, 6.45) is 0.663. The van der Waals surface area contributed by atoms with Crippen LogP contribution in [0.2, 0.25) is 0 Å². The summed E-state index contributed by atoms with van der Waals surface area (Å²) >= 11 is 0. The number of nitrogens with one attached hydrogen (secondary N) is 1. The quantitative estimate of drug-likeness (QED) is 0.794. The summed E-state index contributed by atoms with van der Waals surface area (Å²) in [7, 11) is 0. The molecule has 0 radical (unpaired) electrons. The lowest BCUT2D eigenvalue weighted by Gasteiger charge is -2.12. The first kappa shape index (κ1) is 12.7. The molecule has 0 fully saturated rings. The van der Waals surface area contributed by atoms with E-state index in [0.29, 0.717) is 13.0 Å². The van der Waals surface area contributed by atoms with E-state index >= 15 is 0 Å². The van der Waals surface area contributed by atoms with Crippen LogP contribution in [0.5, 0.6) is 0 Å². The van der Waals surface area contributed by atoms with Crippen LogP contribution < -0.4 is 5.32 Å². The maximum Gasteiger partial charge on any atom is 0.225 e. The third kappa shape index (κ3) is 3.66. The highest BCUT2D eigenvalue weighted by atomic mass is 16.3. The van der Waals surface area contributed by atoms with Gasteiger partial charge in [-0.05, 0) is 18.9 Å². The average molecular weight is 221 g/mol. The second-order valence-corrected chi connectivity index (χ2v) is 3.99. The van der Waals surface area contributed by atoms with Crippen molar-refractivity contribution in [3.63, 3.8) is 0 Å². The number of hydrogen-bond donors (Lipinski definition) is 2. The van der Waals surface area contributed by atoms with Gasteiger partial charge in [-0.1, -0.05) is 36.8 Å². The van der Waals surface area contributed by atoms with Gasteiger partial charge in [-0.25, -0.2) is 0 Å². The van der Waals surface area contributed by atoms with Gasteiger partial charge in [0.25, 0.3) is 0 Å². The molecule has 0 aliphatic rings. The fourth-order valence-electron chi connectivity index (χ4n) is 1.55. The Hall–Kier alpha value is -1.35. The predicted molar refractivity (Wildman–Crippen MR) is 63.9 cm³/mol. The minimum absolute atomic E-state index is 0.0773. The van der Waals surface area contributed by atoms with Gasteiger partial charge in [0.2, 0.25) is 5.91 Å². The van der Waals surface area contributed by atoms with E-state index in [1.54, 1.807) is 0 Å². The van der Waals surface area contributed by atoms with Crippen LogP contribution in [0.1, 0.15) is 24.5 Å². The summed E-state index contributed by atoms with van der Waals surface area (Å²) in [5.74, 6) is -0.365. The monoisotopic (exact) mass is 221 g/mol. The maximum absolute atomic E-state index is 11.6. The molecular weight excluding hydrogens is 202 g/mol. The van der Waals surface area contributed by atoms with E-state index < -0.39 is 0 Å². The van der Waals surface area contributed by atoms with Gasteiger partial charge in [0.15, 0.2) is 0 Å². The zero-order valence-electron chi connectivity index (χ0n) is 9.86. The topological polar surface area (TPSA) is 49.3 Å². The van der Waals surface area contributed by atoms with Crippen LogP contribution >= 0.6 is 0 Å². The summed E-state index contributed by atoms with van der Waals surface area (Å²) in [6.45, 7) is 4.36. The fourth-order valence-corrected chi connectivity index (χ4v) is 1.55. The first-order valence-corrected chi connectivity index (χ1v) is 5.61. The van der Waals surface area contributed by atoms with Crippen molar-refractivity contribution in [1.29, 1.82) is 0 Å². The summed E-state index contributed by atoms with van der Waals surface area (Å²) in [5.41, 5.74) is 2.27. The second-order valence-electron chi connectivity index (χ2n) is 3.99. The molecule has 3 heteroatoms. The van der Waals surface area contributed by atoms with Gasteiger partial charge in [-0.15, -0.1) is 0 Å². The molecule has 1 unspecified atom stereocenters. The van der Waals surface area contributed by atoms with Gasteiger partial charge in [-0.2, -0.15) is 0 Å². The lowest BCUT2D eigenvalue weighted by molar-refractivity contribution is -0.126. The van der Waals surface area contributed by atoms with E-state index in [-0.39, 0.29) is 18.4 Å². The Balaban J connectivity index is 2.48. The molecule has 1 aromatic rings. The second kappa shape index (κ2) is 6.28. The lowest BCUT2D eigenvalue weighted by Crippen LogP contribution is -2.31. The lowest BCUT2D eigenvalue weighted by atomic mass is 10.1. The van der Waals surface area contributed by atoms with E-state index in [1.165, 1.54) is 5.56 Å². The van der Waals surface area contributed by atoms with Gasteiger partial charge in [0.05, 0.1) is 12.5 Å². The molecule has 0 bridgehead atoms. The van der Waals surface area contributed by atoms with E-state index in [9.17, 15) is 4.79 Å². The molecule has 0 saturated heterocycles. The van der Waals surface area contributed by atoms with E-state index in [1.807, 2.05) is 38.1 Å². The minimum atomic E-state index is -0.287. The Morgan fingerprint density at radius 2 is 2.25 bits per heavy atom. The molecular formula is C13H19NO2. The van der Waals surface area contributed by atoms with Crippen LogP contribution in [0.25, 0.3) is 0 Å². The van der Waals surface area contributed by atoms with E-state index in [2.05, 4.69) is 5.32 Å². The molecule has 1 amide bonds. The summed E-state index contributed by atoms with van der Waals surface area (Å²) in [5, 5.41) is 11.8. The number of rotatable bonds is 5. The predicted octanol–water partition coefficient (Wildman–Crippen LogP) is 1.63. The van der Waals surface area contributed by atoms with Crippen molar-refractivity contribution >= 4 is 5.91 Å². The Bertz CT molecular complexity index is 346. The zero-order chi connectivity index (χ0) is 12.0. The summed E-state index contributed by atoms with van der Waals surface area (Å²) in [6, 6.07) is 8.02. The van der Waals surface area contributed by atoms with E-state index in [0.717, 1.165) is 5.56 Å². The van der Waals surface area contributed by atoms with Crippen LogP contribution in [0.4, 0.5) is 0 Å². The first-order valence-electron chi connectivity index (χ1n) is 5.61. The highest BCUT2D eigenvalue weighted by molar-refractivity contribution is 5.78. The third-order valence-corrected chi connectivity index (χ3v) is 2.63. The molecule has 16 heavy (non-hydrogen) atoms.